The van der Waals surface area contributed by atoms with Gasteiger partial charge in [0.15, 0.2) is 0 Å². The van der Waals surface area contributed by atoms with Crippen molar-refractivity contribution >= 4 is 23.5 Å². The molecular formula is C18H15N3O2S. The minimum atomic E-state index is -0.321. The molecule has 0 saturated carbocycles. The van der Waals surface area contributed by atoms with E-state index < -0.39 is 0 Å². The lowest BCUT2D eigenvalue weighted by Gasteiger charge is -1.98. The maximum Gasteiger partial charge on any atom is 0.283 e. The van der Waals surface area contributed by atoms with Gasteiger partial charge in [0.1, 0.15) is 15.6 Å². The standard InChI is InChI=1S/C18H15N3O2S/c1-12-16(24-18(20-12)13-7-3-2-4-8-13)17(23)21-19-11-14-9-5-6-10-15(14)22/h2-11,22H,1H3,(H,21,23)/b19-11+. The molecule has 5 nitrogen and oxygen atoms in total. The van der Waals surface area contributed by atoms with E-state index in [1.54, 1.807) is 31.2 Å². The molecule has 2 N–H and O–H groups in total. The lowest BCUT2D eigenvalue weighted by molar-refractivity contribution is 0.0958. The number of para-hydroxylation sites is 1. The molecule has 0 bridgehead atoms. The van der Waals surface area contributed by atoms with Gasteiger partial charge in [-0.25, -0.2) is 10.4 Å². The number of carbonyl (C=O) groups excluding carboxylic acids is 1. The molecule has 0 fully saturated rings. The highest BCUT2D eigenvalue weighted by Crippen LogP contribution is 2.27. The van der Waals surface area contributed by atoms with Crippen molar-refractivity contribution in [1.29, 1.82) is 0 Å². The Morgan fingerprint density at radius 1 is 1.17 bits per heavy atom. The molecule has 1 aromatic heterocycles. The molecule has 0 aliphatic heterocycles. The fourth-order valence-corrected chi connectivity index (χ4v) is 3.08. The Bertz CT molecular complexity index is 888. The summed E-state index contributed by atoms with van der Waals surface area (Å²) in [5.41, 5.74) is 4.64. The Balaban J connectivity index is 1.74. The molecule has 6 heteroatoms. The monoisotopic (exact) mass is 337 g/mol. The minimum Gasteiger partial charge on any atom is -0.507 e. The van der Waals surface area contributed by atoms with Gasteiger partial charge in [0, 0.05) is 11.1 Å². The number of benzene rings is 2. The molecule has 0 aliphatic rings. The summed E-state index contributed by atoms with van der Waals surface area (Å²) >= 11 is 1.32. The van der Waals surface area contributed by atoms with Gasteiger partial charge in [0.2, 0.25) is 0 Å². The van der Waals surface area contributed by atoms with Crippen molar-refractivity contribution < 1.29 is 9.90 Å². The van der Waals surface area contributed by atoms with Gasteiger partial charge in [0.05, 0.1) is 11.9 Å². The number of aromatic hydroxyl groups is 1. The Hall–Kier alpha value is -2.99. The minimum absolute atomic E-state index is 0.107. The van der Waals surface area contributed by atoms with Gasteiger partial charge in [-0.2, -0.15) is 5.10 Å². The average Bonchev–Trinajstić information content (AvgIpc) is 2.99. The maximum atomic E-state index is 12.3. The second-order valence-electron chi connectivity index (χ2n) is 5.06. The molecule has 0 saturated heterocycles. The smallest absolute Gasteiger partial charge is 0.283 e. The van der Waals surface area contributed by atoms with E-state index in [1.165, 1.54) is 17.6 Å². The van der Waals surface area contributed by atoms with Crippen molar-refractivity contribution in [3.8, 4) is 16.3 Å². The van der Waals surface area contributed by atoms with E-state index in [9.17, 15) is 9.90 Å². The number of rotatable bonds is 4. The van der Waals surface area contributed by atoms with Gasteiger partial charge in [-0.05, 0) is 19.1 Å². The van der Waals surface area contributed by atoms with Crippen LogP contribution < -0.4 is 5.43 Å². The van der Waals surface area contributed by atoms with Crippen LogP contribution in [0, 0.1) is 6.92 Å². The molecule has 1 amide bonds. The largest absolute Gasteiger partial charge is 0.507 e. The second-order valence-corrected chi connectivity index (χ2v) is 6.06. The van der Waals surface area contributed by atoms with Gasteiger partial charge in [-0.15, -0.1) is 11.3 Å². The third kappa shape index (κ3) is 3.49. The Morgan fingerprint density at radius 3 is 2.62 bits per heavy atom. The van der Waals surface area contributed by atoms with Gasteiger partial charge in [0.25, 0.3) is 5.91 Å². The van der Waals surface area contributed by atoms with Crippen molar-refractivity contribution in [3.05, 3.63) is 70.7 Å². The number of hydrogen-bond donors (Lipinski definition) is 2. The Labute approximate surface area is 143 Å². The van der Waals surface area contributed by atoms with Crippen LogP contribution in [0.2, 0.25) is 0 Å². The predicted octanol–water partition coefficient (Wildman–Crippen LogP) is 3.59. The topological polar surface area (TPSA) is 74.6 Å². The molecule has 2 aromatic carbocycles. The molecule has 3 rings (SSSR count). The first-order valence-electron chi connectivity index (χ1n) is 7.29. The van der Waals surface area contributed by atoms with E-state index in [2.05, 4.69) is 15.5 Å². The highest BCUT2D eigenvalue weighted by atomic mass is 32.1. The number of carbonyl (C=O) groups is 1. The number of hydrogen-bond acceptors (Lipinski definition) is 5. The number of aryl methyl sites for hydroxylation is 1. The normalized spacial score (nSPS) is 10.9. The molecule has 0 atom stereocenters. The average molecular weight is 337 g/mol. The van der Waals surface area contributed by atoms with Crippen LogP contribution >= 0.6 is 11.3 Å². The summed E-state index contributed by atoms with van der Waals surface area (Å²) in [4.78, 5) is 17.2. The fourth-order valence-electron chi connectivity index (χ4n) is 2.12. The van der Waals surface area contributed by atoms with Gasteiger partial charge < -0.3 is 5.11 Å². The van der Waals surface area contributed by atoms with Crippen LogP contribution in [0.1, 0.15) is 20.9 Å². The summed E-state index contributed by atoms with van der Waals surface area (Å²) in [6.45, 7) is 1.80. The quantitative estimate of drug-likeness (QED) is 0.564. The summed E-state index contributed by atoms with van der Waals surface area (Å²) in [5, 5.41) is 14.3. The fraction of sp³-hybridized carbons (Fsp3) is 0.0556. The molecular weight excluding hydrogens is 322 g/mol. The van der Waals surface area contributed by atoms with Crippen molar-refractivity contribution in [2.24, 2.45) is 5.10 Å². The number of hydrazone groups is 1. The highest BCUT2D eigenvalue weighted by molar-refractivity contribution is 7.17. The summed E-state index contributed by atoms with van der Waals surface area (Å²) in [5.74, 6) is -0.213. The maximum absolute atomic E-state index is 12.3. The first-order chi connectivity index (χ1) is 11.6. The first-order valence-corrected chi connectivity index (χ1v) is 8.11. The van der Waals surface area contributed by atoms with E-state index in [1.807, 2.05) is 30.3 Å². The number of nitrogens with zero attached hydrogens (tertiary/aromatic N) is 2. The van der Waals surface area contributed by atoms with Crippen LogP contribution in [0.15, 0.2) is 59.7 Å². The molecule has 0 spiro atoms. The van der Waals surface area contributed by atoms with E-state index in [0.717, 1.165) is 10.6 Å². The number of amides is 1. The highest BCUT2D eigenvalue weighted by Gasteiger charge is 2.15. The van der Waals surface area contributed by atoms with Crippen LogP contribution in [0.25, 0.3) is 10.6 Å². The third-order valence-corrected chi connectivity index (χ3v) is 4.54. The van der Waals surface area contributed by atoms with Crippen LogP contribution in [-0.2, 0) is 0 Å². The Kier molecular flexibility index (Phi) is 4.67. The van der Waals surface area contributed by atoms with Gasteiger partial charge in [-0.3, -0.25) is 4.79 Å². The molecule has 0 radical (unpaired) electrons. The van der Waals surface area contributed by atoms with Crippen molar-refractivity contribution in [3.63, 3.8) is 0 Å². The summed E-state index contributed by atoms with van der Waals surface area (Å²) < 4.78 is 0. The summed E-state index contributed by atoms with van der Waals surface area (Å²) in [6.07, 6.45) is 1.40. The third-order valence-electron chi connectivity index (χ3n) is 3.33. The zero-order valence-corrected chi connectivity index (χ0v) is 13.7. The molecule has 24 heavy (non-hydrogen) atoms. The van der Waals surface area contributed by atoms with Crippen molar-refractivity contribution in [2.45, 2.75) is 6.92 Å². The number of phenols is 1. The van der Waals surface area contributed by atoms with Crippen LogP contribution in [0.3, 0.4) is 0 Å². The van der Waals surface area contributed by atoms with Crippen LogP contribution in [0.4, 0.5) is 0 Å². The summed E-state index contributed by atoms with van der Waals surface area (Å²) in [6, 6.07) is 16.5. The Morgan fingerprint density at radius 2 is 1.88 bits per heavy atom. The lowest BCUT2D eigenvalue weighted by Crippen LogP contribution is -2.17. The molecule has 0 unspecified atom stereocenters. The molecule has 1 heterocycles. The molecule has 0 aliphatic carbocycles. The van der Waals surface area contributed by atoms with Gasteiger partial charge in [-0.1, -0.05) is 42.5 Å². The van der Waals surface area contributed by atoms with E-state index in [4.69, 9.17) is 0 Å². The second kappa shape index (κ2) is 7.06. The van der Waals surface area contributed by atoms with Crippen molar-refractivity contribution in [1.82, 2.24) is 10.4 Å². The SMILES string of the molecule is Cc1nc(-c2ccccc2)sc1C(=O)N/N=C/c1ccccc1O. The number of thiazole rings is 1. The van der Waals surface area contributed by atoms with E-state index in [-0.39, 0.29) is 11.7 Å². The predicted molar refractivity (Wildman–Crippen MR) is 95.5 cm³/mol. The van der Waals surface area contributed by atoms with Crippen molar-refractivity contribution in [2.75, 3.05) is 0 Å². The zero-order chi connectivity index (χ0) is 16.9. The first kappa shape index (κ1) is 15.9. The van der Waals surface area contributed by atoms with Gasteiger partial charge >= 0.3 is 0 Å². The number of phenolic OH excluding ortho intramolecular Hbond substituents is 1. The molecule has 120 valence electrons. The number of nitrogens with one attached hydrogen (secondary N) is 1. The zero-order valence-electron chi connectivity index (χ0n) is 12.9. The van der Waals surface area contributed by atoms with Crippen LogP contribution in [-0.4, -0.2) is 22.2 Å². The lowest BCUT2D eigenvalue weighted by atomic mass is 10.2. The summed E-state index contributed by atoms with van der Waals surface area (Å²) in [7, 11) is 0. The van der Waals surface area contributed by atoms with E-state index in [0.29, 0.717) is 16.1 Å². The molecule has 3 aromatic rings. The van der Waals surface area contributed by atoms with Crippen LogP contribution in [0.5, 0.6) is 5.75 Å². The van der Waals surface area contributed by atoms with E-state index >= 15 is 0 Å². The number of aromatic nitrogens is 1.